The number of anilines is 1. The van der Waals surface area contributed by atoms with Gasteiger partial charge in [0.2, 0.25) is 0 Å². The fraction of sp³-hybridized carbons (Fsp3) is 0.588. The van der Waals surface area contributed by atoms with E-state index >= 15 is 0 Å². The summed E-state index contributed by atoms with van der Waals surface area (Å²) in [5.41, 5.74) is -0.600. The molecule has 0 amide bonds. The van der Waals surface area contributed by atoms with Gasteiger partial charge in [0.05, 0.1) is 10.6 Å². The predicted molar refractivity (Wildman–Crippen MR) is 105 cm³/mol. The Labute approximate surface area is 161 Å². The van der Waals surface area contributed by atoms with Crippen LogP contribution in [0.3, 0.4) is 0 Å². The van der Waals surface area contributed by atoms with Gasteiger partial charge in [0.1, 0.15) is 0 Å². The molecule has 2 N–H and O–H groups in total. The minimum atomic E-state index is -4.49. The van der Waals surface area contributed by atoms with E-state index in [0.717, 1.165) is 23.5 Å². The average Bonchev–Trinajstić information content (AvgIpc) is 2.56. The number of rotatable bonds is 6. The molecule has 0 heterocycles. The molecule has 0 aliphatic heterocycles. The molecule has 1 aromatic rings. The van der Waals surface area contributed by atoms with Gasteiger partial charge in [-0.3, -0.25) is 0 Å². The summed E-state index contributed by atoms with van der Waals surface area (Å²) in [6.07, 6.45) is 3.15. The Kier molecular flexibility index (Phi) is 8.16. The zero-order valence-corrected chi connectivity index (χ0v) is 16.2. The summed E-state index contributed by atoms with van der Waals surface area (Å²) >= 11 is 12.8. The van der Waals surface area contributed by atoms with Crippen molar-refractivity contribution < 1.29 is 13.2 Å². The van der Waals surface area contributed by atoms with E-state index in [-0.39, 0.29) is 10.7 Å². The van der Waals surface area contributed by atoms with Crippen molar-refractivity contribution in [1.29, 1.82) is 0 Å². The molecular formula is C17H22ClF3N2S2. The van der Waals surface area contributed by atoms with E-state index < -0.39 is 11.7 Å². The zero-order valence-electron chi connectivity index (χ0n) is 13.8. The van der Waals surface area contributed by atoms with Gasteiger partial charge in [-0.05, 0) is 55.4 Å². The summed E-state index contributed by atoms with van der Waals surface area (Å²) in [5, 5.41) is 6.59. The van der Waals surface area contributed by atoms with Crippen molar-refractivity contribution in [2.75, 3.05) is 17.6 Å². The van der Waals surface area contributed by atoms with Gasteiger partial charge >= 0.3 is 6.18 Å². The van der Waals surface area contributed by atoms with E-state index in [0.29, 0.717) is 11.7 Å². The summed E-state index contributed by atoms with van der Waals surface area (Å²) in [4.78, 5) is 0. The van der Waals surface area contributed by atoms with Gasteiger partial charge < -0.3 is 10.6 Å². The van der Waals surface area contributed by atoms with E-state index in [4.69, 9.17) is 23.8 Å². The van der Waals surface area contributed by atoms with Gasteiger partial charge in [-0.2, -0.15) is 24.9 Å². The van der Waals surface area contributed by atoms with Crippen molar-refractivity contribution in [2.45, 2.75) is 50.0 Å². The monoisotopic (exact) mass is 410 g/mol. The number of thiocarbonyl (C=S) groups is 1. The third kappa shape index (κ3) is 7.23. The molecule has 0 spiro atoms. The molecule has 8 heteroatoms. The number of hydrogen-bond donors (Lipinski definition) is 2. The van der Waals surface area contributed by atoms with Crippen molar-refractivity contribution in [2.24, 2.45) is 0 Å². The first-order valence-corrected chi connectivity index (χ1v) is 10.2. The van der Waals surface area contributed by atoms with Crippen LogP contribution in [0.1, 0.15) is 44.1 Å². The second-order valence-electron chi connectivity index (χ2n) is 6.06. The van der Waals surface area contributed by atoms with Crippen molar-refractivity contribution in [3.8, 4) is 0 Å². The molecule has 1 aliphatic rings. The van der Waals surface area contributed by atoms with Crippen LogP contribution in [-0.4, -0.2) is 22.7 Å². The zero-order chi connectivity index (χ0) is 18.3. The predicted octanol–water partition coefficient (Wildman–Crippen LogP) is 6.10. The fourth-order valence-electron chi connectivity index (χ4n) is 2.75. The number of hydrogen-bond acceptors (Lipinski definition) is 2. The van der Waals surface area contributed by atoms with E-state index in [2.05, 4.69) is 10.6 Å². The Bertz CT molecular complexity index is 576. The van der Waals surface area contributed by atoms with Crippen LogP contribution in [0.25, 0.3) is 0 Å². The van der Waals surface area contributed by atoms with E-state index in [1.165, 1.54) is 44.2 Å². The highest BCUT2D eigenvalue weighted by atomic mass is 35.5. The topological polar surface area (TPSA) is 24.1 Å². The molecular weight excluding hydrogens is 389 g/mol. The molecule has 0 bridgehead atoms. The van der Waals surface area contributed by atoms with Crippen LogP contribution in [0, 0.1) is 0 Å². The highest BCUT2D eigenvalue weighted by Gasteiger charge is 2.33. The Morgan fingerprint density at radius 1 is 1.24 bits per heavy atom. The number of halogens is 4. The molecule has 1 aliphatic carbocycles. The maximum absolute atomic E-state index is 12.8. The quantitative estimate of drug-likeness (QED) is 0.437. The highest BCUT2D eigenvalue weighted by Crippen LogP contribution is 2.36. The molecule has 0 radical (unpaired) electrons. The molecule has 1 aromatic carbocycles. The summed E-state index contributed by atoms with van der Waals surface area (Å²) in [6, 6.07) is 3.66. The minimum absolute atomic E-state index is 0.269. The Morgan fingerprint density at radius 3 is 2.64 bits per heavy atom. The molecule has 2 nitrogen and oxygen atoms in total. The lowest BCUT2D eigenvalue weighted by atomic mass is 10.0. The standard InChI is InChI=1S/C17H22ClF3N2S2/c18-15-8-7-12(11-14(15)17(19,20)21)23-16(24)22-9-4-10-25-13-5-2-1-3-6-13/h7-8,11,13H,1-6,9-10H2,(H2,22,23,24). The average molecular weight is 411 g/mol. The van der Waals surface area contributed by atoms with Crippen LogP contribution in [0.2, 0.25) is 5.02 Å². The molecule has 0 atom stereocenters. The number of alkyl halides is 3. The second kappa shape index (κ2) is 9.88. The molecule has 140 valence electrons. The Morgan fingerprint density at radius 2 is 1.96 bits per heavy atom. The van der Waals surface area contributed by atoms with Gasteiger partial charge in [-0.25, -0.2) is 0 Å². The third-order valence-corrected chi connectivity index (χ3v) is 6.09. The highest BCUT2D eigenvalue weighted by molar-refractivity contribution is 7.99. The number of thioether (sulfide) groups is 1. The second-order valence-corrected chi connectivity index (χ2v) is 8.28. The van der Waals surface area contributed by atoms with Gasteiger partial charge in [0.25, 0.3) is 0 Å². The molecule has 1 fully saturated rings. The summed E-state index contributed by atoms with van der Waals surface area (Å²) in [5.74, 6) is 1.07. The lowest BCUT2D eigenvalue weighted by molar-refractivity contribution is -0.137. The number of nitrogens with one attached hydrogen (secondary N) is 2. The third-order valence-electron chi connectivity index (χ3n) is 4.04. The fourth-order valence-corrected chi connectivity index (χ4v) is 4.51. The van der Waals surface area contributed by atoms with E-state index in [9.17, 15) is 13.2 Å². The van der Waals surface area contributed by atoms with Crippen molar-refractivity contribution >= 4 is 46.4 Å². The summed E-state index contributed by atoms with van der Waals surface area (Å²) in [7, 11) is 0. The first-order chi connectivity index (χ1) is 11.9. The molecule has 0 aromatic heterocycles. The summed E-state index contributed by atoms with van der Waals surface area (Å²) in [6.45, 7) is 0.700. The van der Waals surface area contributed by atoms with Crippen LogP contribution in [0.5, 0.6) is 0 Å². The molecule has 0 saturated heterocycles. The molecule has 2 rings (SSSR count). The van der Waals surface area contributed by atoms with Crippen molar-refractivity contribution in [1.82, 2.24) is 5.32 Å². The maximum atomic E-state index is 12.8. The first-order valence-electron chi connectivity index (χ1n) is 8.39. The molecule has 0 unspecified atom stereocenters. The lowest BCUT2D eigenvalue weighted by Crippen LogP contribution is -2.29. The first kappa shape index (κ1) is 20.6. The lowest BCUT2D eigenvalue weighted by Gasteiger charge is -2.21. The van der Waals surface area contributed by atoms with Crippen LogP contribution in [0.4, 0.5) is 18.9 Å². The minimum Gasteiger partial charge on any atom is -0.362 e. The normalized spacial score (nSPS) is 15.8. The number of benzene rings is 1. The van der Waals surface area contributed by atoms with E-state index in [1.54, 1.807) is 0 Å². The van der Waals surface area contributed by atoms with Gasteiger partial charge in [-0.15, -0.1) is 0 Å². The van der Waals surface area contributed by atoms with Crippen molar-refractivity contribution in [3.05, 3.63) is 28.8 Å². The Hall–Kier alpha value is -0.660. The van der Waals surface area contributed by atoms with Gasteiger partial charge in [0, 0.05) is 17.5 Å². The van der Waals surface area contributed by atoms with Crippen molar-refractivity contribution in [3.63, 3.8) is 0 Å². The SMILES string of the molecule is FC(F)(F)c1cc(NC(=S)NCCCSC2CCCCC2)ccc1Cl. The van der Waals surface area contributed by atoms with Crippen LogP contribution in [-0.2, 0) is 6.18 Å². The molecule has 1 saturated carbocycles. The summed E-state index contributed by atoms with van der Waals surface area (Å²) < 4.78 is 38.5. The van der Waals surface area contributed by atoms with Crippen LogP contribution < -0.4 is 10.6 Å². The smallest absolute Gasteiger partial charge is 0.362 e. The van der Waals surface area contributed by atoms with Gasteiger partial charge in [0.15, 0.2) is 5.11 Å². The maximum Gasteiger partial charge on any atom is 0.417 e. The van der Waals surface area contributed by atoms with E-state index in [1.807, 2.05) is 11.8 Å². The van der Waals surface area contributed by atoms with Gasteiger partial charge in [-0.1, -0.05) is 30.9 Å². The van der Waals surface area contributed by atoms with Crippen LogP contribution >= 0.6 is 35.6 Å². The largest absolute Gasteiger partial charge is 0.417 e. The Balaban J connectivity index is 1.69. The van der Waals surface area contributed by atoms with Crippen LogP contribution in [0.15, 0.2) is 18.2 Å². The molecule has 25 heavy (non-hydrogen) atoms.